The monoisotopic (exact) mass is 362 g/mol. The van der Waals surface area contributed by atoms with Gasteiger partial charge in [0.2, 0.25) is 17.6 Å². The molecule has 2 N–H and O–H groups in total. The summed E-state index contributed by atoms with van der Waals surface area (Å²) in [6.07, 6.45) is 4.07. The van der Waals surface area contributed by atoms with E-state index in [1.165, 1.54) is 0 Å². The minimum atomic E-state index is 0. The zero-order chi connectivity index (χ0) is 16.5. The Kier molecular flexibility index (Phi) is 5.39. The van der Waals surface area contributed by atoms with Crippen molar-refractivity contribution in [1.29, 1.82) is 0 Å². The number of hydrogen-bond acceptors (Lipinski definition) is 5. The van der Waals surface area contributed by atoms with Gasteiger partial charge < -0.3 is 15.2 Å². The van der Waals surface area contributed by atoms with Gasteiger partial charge in [-0.05, 0) is 31.2 Å². The summed E-state index contributed by atoms with van der Waals surface area (Å²) in [5, 5.41) is 4.11. The fraction of sp³-hybridized carbons (Fsp3) is 0.500. The molecule has 1 unspecified atom stereocenters. The second kappa shape index (κ2) is 7.54. The van der Waals surface area contributed by atoms with Gasteiger partial charge in [0.05, 0.1) is 5.92 Å². The highest BCUT2D eigenvalue weighted by molar-refractivity contribution is 5.85. The van der Waals surface area contributed by atoms with E-state index >= 15 is 0 Å². The number of piperidine rings is 1. The molecule has 6 nitrogen and oxygen atoms in total. The third-order valence-electron chi connectivity index (χ3n) is 4.90. The predicted octanol–water partition coefficient (Wildman–Crippen LogP) is 2.73. The first-order chi connectivity index (χ1) is 11.7. The van der Waals surface area contributed by atoms with E-state index in [9.17, 15) is 4.79 Å². The van der Waals surface area contributed by atoms with Crippen LogP contribution in [0.1, 0.15) is 43.1 Å². The van der Waals surface area contributed by atoms with Crippen molar-refractivity contribution in [2.24, 2.45) is 11.7 Å². The van der Waals surface area contributed by atoms with Gasteiger partial charge in [-0.25, -0.2) is 0 Å². The molecular weight excluding hydrogens is 340 g/mol. The maximum atomic E-state index is 12.3. The Labute approximate surface area is 153 Å². The maximum absolute atomic E-state index is 12.3. The molecule has 1 atom stereocenters. The van der Waals surface area contributed by atoms with Gasteiger partial charge in [-0.15, -0.1) is 12.4 Å². The number of nitrogens with zero attached hydrogens (tertiary/aromatic N) is 3. The van der Waals surface area contributed by atoms with Crippen LogP contribution in [-0.2, 0) is 11.3 Å². The van der Waals surface area contributed by atoms with Gasteiger partial charge in [0.25, 0.3) is 0 Å². The van der Waals surface area contributed by atoms with Crippen LogP contribution in [0.4, 0.5) is 0 Å². The Morgan fingerprint density at radius 3 is 2.68 bits per heavy atom. The predicted molar refractivity (Wildman–Crippen MR) is 96.2 cm³/mol. The van der Waals surface area contributed by atoms with E-state index in [0.717, 1.165) is 43.4 Å². The largest absolute Gasteiger partial charge is 0.342 e. The molecule has 1 aliphatic carbocycles. The Hall–Kier alpha value is -1.92. The smallest absolute Gasteiger partial charge is 0.231 e. The molecule has 4 rings (SSSR count). The van der Waals surface area contributed by atoms with Crippen molar-refractivity contribution in [3.05, 3.63) is 35.7 Å². The first kappa shape index (κ1) is 17.9. The van der Waals surface area contributed by atoms with E-state index in [2.05, 4.69) is 10.1 Å². The summed E-state index contributed by atoms with van der Waals surface area (Å²) in [7, 11) is 0. The lowest BCUT2D eigenvalue weighted by Crippen LogP contribution is -2.40. The Morgan fingerprint density at radius 1 is 1.24 bits per heavy atom. The van der Waals surface area contributed by atoms with Crippen molar-refractivity contribution in [3.63, 3.8) is 0 Å². The van der Waals surface area contributed by atoms with Gasteiger partial charge >= 0.3 is 0 Å². The molecule has 1 aliphatic heterocycles. The minimum Gasteiger partial charge on any atom is -0.342 e. The summed E-state index contributed by atoms with van der Waals surface area (Å²) in [4.78, 5) is 18.8. The number of rotatable bonds is 4. The van der Waals surface area contributed by atoms with Crippen LogP contribution in [-0.4, -0.2) is 34.0 Å². The van der Waals surface area contributed by atoms with Crippen LogP contribution in [0.25, 0.3) is 11.4 Å². The van der Waals surface area contributed by atoms with E-state index in [4.69, 9.17) is 10.3 Å². The summed E-state index contributed by atoms with van der Waals surface area (Å²) in [6, 6.07) is 7.87. The van der Waals surface area contributed by atoms with Gasteiger partial charge in [-0.1, -0.05) is 29.4 Å². The molecule has 25 heavy (non-hydrogen) atoms. The number of carbonyl (C=O) groups excluding carboxylic acids is 1. The molecule has 1 saturated heterocycles. The molecule has 1 aromatic heterocycles. The Morgan fingerprint density at radius 2 is 2.00 bits per heavy atom. The van der Waals surface area contributed by atoms with Gasteiger partial charge in [-0.2, -0.15) is 4.98 Å². The molecule has 1 amide bonds. The number of hydrogen-bond donors (Lipinski definition) is 1. The van der Waals surface area contributed by atoms with Gasteiger partial charge in [0.15, 0.2) is 0 Å². The highest BCUT2D eigenvalue weighted by Gasteiger charge is 2.36. The lowest BCUT2D eigenvalue weighted by atomic mass is 9.97. The number of aromatic nitrogens is 2. The molecule has 0 radical (unpaired) electrons. The molecule has 0 spiro atoms. The fourth-order valence-electron chi connectivity index (χ4n) is 3.28. The molecule has 1 saturated carbocycles. The average molecular weight is 363 g/mol. The first-order valence-electron chi connectivity index (χ1n) is 8.66. The first-order valence-corrected chi connectivity index (χ1v) is 8.66. The minimum absolute atomic E-state index is 0. The number of carbonyl (C=O) groups is 1. The molecule has 1 aromatic carbocycles. The van der Waals surface area contributed by atoms with E-state index < -0.39 is 0 Å². The van der Waals surface area contributed by atoms with Crippen molar-refractivity contribution < 1.29 is 9.32 Å². The molecule has 2 aromatic rings. The zero-order valence-corrected chi connectivity index (χ0v) is 14.9. The van der Waals surface area contributed by atoms with Crippen LogP contribution in [0.15, 0.2) is 28.8 Å². The standard InChI is InChI=1S/C18H22N4O2.ClH/c19-10-12-3-5-13(6-4-12)16-20-17(24-21-16)15-2-1-9-22(11-15)18(23)14-7-8-14;/h3-6,14-15H,1-2,7-11,19H2;1H. The summed E-state index contributed by atoms with van der Waals surface area (Å²) in [6.45, 7) is 2.07. The molecule has 134 valence electrons. The van der Waals surface area contributed by atoms with Crippen molar-refractivity contribution in [1.82, 2.24) is 15.0 Å². The second-order valence-corrected chi connectivity index (χ2v) is 6.75. The summed E-state index contributed by atoms with van der Waals surface area (Å²) in [5.41, 5.74) is 7.61. The molecule has 2 fully saturated rings. The lowest BCUT2D eigenvalue weighted by molar-refractivity contribution is -0.133. The van der Waals surface area contributed by atoms with Crippen molar-refractivity contribution in [2.75, 3.05) is 13.1 Å². The van der Waals surface area contributed by atoms with Crippen LogP contribution < -0.4 is 5.73 Å². The van der Waals surface area contributed by atoms with Gasteiger partial charge in [-0.3, -0.25) is 4.79 Å². The van der Waals surface area contributed by atoms with Gasteiger partial charge in [0, 0.05) is 31.1 Å². The number of halogens is 1. The SMILES string of the molecule is Cl.NCc1ccc(-c2noc(C3CCCN(C(=O)C4CC4)C3)n2)cc1. The molecule has 2 aliphatic rings. The van der Waals surface area contributed by atoms with Crippen LogP contribution in [0.2, 0.25) is 0 Å². The Bertz CT molecular complexity index is 727. The zero-order valence-electron chi connectivity index (χ0n) is 14.1. The third kappa shape index (κ3) is 3.85. The lowest BCUT2D eigenvalue weighted by Gasteiger charge is -2.31. The normalized spacial score (nSPS) is 20.2. The van der Waals surface area contributed by atoms with Crippen LogP contribution >= 0.6 is 12.4 Å². The van der Waals surface area contributed by atoms with Crippen LogP contribution in [0.3, 0.4) is 0 Å². The highest BCUT2D eigenvalue weighted by Crippen LogP contribution is 2.34. The topological polar surface area (TPSA) is 85.2 Å². The number of amides is 1. The van der Waals surface area contributed by atoms with E-state index in [0.29, 0.717) is 30.7 Å². The van der Waals surface area contributed by atoms with E-state index in [-0.39, 0.29) is 24.2 Å². The van der Waals surface area contributed by atoms with Crippen LogP contribution in [0.5, 0.6) is 0 Å². The molecular formula is C18H23ClN4O2. The van der Waals surface area contributed by atoms with E-state index in [1.54, 1.807) is 0 Å². The maximum Gasteiger partial charge on any atom is 0.231 e. The number of benzene rings is 1. The van der Waals surface area contributed by atoms with E-state index in [1.807, 2.05) is 29.2 Å². The average Bonchev–Trinajstić information content (AvgIpc) is 3.38. The van der Waals surface area contributed by atoms with Crippen molar-refractivity contribution >= 4 is 18.3 Å². The van der Waals surface area contributed by atoms with Crippen molar-refractivity contribution in [2.45, 2.75) is 38.1 Å². The van der Waals surface area contributed by atoms with Gasteiger partial charge in [0.1, 0.15) is 0 Å². The molecule has 2 heterocycles. The number of nitrogens with two attached hydrogens (primary N) is 1. The highest BCUT2D eigenvalue weighted by atomic mass is 35.5. The van der Waals surface area contributed by atoms with Crippen molar-refractivity contribution in [3.8, 4) is 11.4 Å². The Balaban J connectivity index is 0.00000182. The molecule has 0 bridgehead atoms. The fourth-order valence-corrected chi connectivity index (χ4v) is 3.28. The third-order valence-corrected chi connectivity index (χ3v) is 4.90. The van der Waals surface area contributed by atoms with Crippen LogP contribution in [0, 0.1) is 5.92 Å². The quantitative estimate of drug-likeness (QED) is 0.903. The number of likely N-dealkylation sites (tertiary alicyclic amines) is 1. The molecule has 7 heteroatoms. The summed E-state index contributed by atoms with van der Waals surface area (Å²) >= 11 is 0. The summed E-state index contributed by atoms with van der Waals surface area (Å²) in [5.74, 6) is 1.95. The second-order valence-electron chi connectivity index (χ2n) is 6.75. The summed E-state index contributed by atoms with van der Waals surface area (Å²) < 4.78 is 5.50.